The van der Waals surface area contributed by atoms with Crippen molar-refractivity contribution in [2.75, 3.05) is 27.4 Å². The molecule has 1 aromatic carbocycles. The molecule has 6 nitrogen and oxygen atoms in total. The van der Waals surface area contributed by atoms with Gasteiger partial charge in [-0.05, 0) is 31.0 Å². The van der Waals surface area contributed by atoms with Crippen LogP contribution in [0.25, 0.3) is 0 Å². The highest BCUT2D eigenvalue weighted by molar-refractivity contribution is 5.49. The molecule has 1 fully saturated rings. The summed E-state index contributed by atoms with van der Waals surface area (Å²) in [7, 11) is 3.30. The van der Waals surface area contributed by atoms with Crippen molar-refractivity contribution < 1.29 is 29.3 Å². The third-order valence-corrected chi connectivity index (χ3v) is 4.31. The molecule has 22 heavy (non-hydrogen) atoms. The number of methoxy groups -OCH3 is 2. The maximum Gasteiger partial charge on any atom is 0.257 e. The molecule has 2 N–H and O–H groups in total. The minimum atomic E-state index is -0.513. The smallest absolute Gasteiger partial charge is 0.257 e. The third kappa shape index (κ3) is 2.67. The molecule has 0 aliphatic carbocycles. The number of quaternary nitrogens is 1. The van der Waals surface area contributed by atoms with E-state index in [9.17, 15) is 0 Å². The molecular weight excluding hydrogens is 286 g/mol. The van der Waals surface area contributed by atoms with Crippen LogP contribution in [0.4, 0.5) is 0 Å². The number of rotatable bonds is 4. The molecule has 2 atom stereocenters. The van der Waals surface area contributed by atoms with E-state index in [1.165, 1.54) is 5.56 Å². The summed E-state index contributed by atoms with van der Waals surface area (Å²) < 4.78 is 22.5. The Kier molecular flexibility index (Phi) is 4.54. The number of fused-ring (bicyclic) bond motifs is 2. The summed E-state index contributed by atoms with van der Waals surface area (Å²) in [6.45, 7) is 3.28. The summed E-state index contributed by atoms with van der Waals surface area (Å²) in [6.07, 6.45) is 2.32. The van der Waals surface area contributed by atoms with Crippen LogP contribution in [-0.2, 0) is 26.5 Å². The molecule has 0 radical (unpaired) electrons. The Bertz CT molecular complexity index is 526. The molecule has 3 rings (SSSR count). The van der Waals surface area contributed by atoms with Crippen LogP contribution >= 0.6 is 0 Å². The Morgan fingerprint density at radius 2 is 2.05 bits per heavy atom. The summed E-state index contributed by atoms with van der Waals surface area (Å²) in [5.74, 6) is 1.47. The number of hydroxylamine groups is 1. The Hall–Kier alpha value is -1.34. The van der Waals surface area contributed by atoms with Crippen molar-refractivity contribution in [1.82, 2.24) is 0 Å². The van der Waals surface area contributed by atoms with Gasteiger partial charge in [-0.15, -0.1) is 0 Å². The first-order valence-electron chi connectivity index (χ1n) is 7.73. The van der Waals surface area contributed by atoms with Gasteiger partial charge in [0.2, 0.25) is 6.29 Å². The number of hydrogen-bond donors (Lipinski definition) is 1. The average Bonchev–Trinajstić information content (AvgIpc) is 2.56. The summed E-state index contributed by atoms with van der Waals surface area (Å²) in [4.78, 5) is 5.75. The lowest BCUT2D eigenvalue weighted by Crippen LogP contribution is -2.97. The molecule has 0 amide bonds. The molecule has 1 aromatic rings. The van der Waals surface area contributed by atoms with E-state index >= 15 is 0 Å². The summed E-state index contributed by atoms with van der Waals surface area (Å²) in [6, 6.07) is 4.05. The van der Waals surface area contributed by atoms with E-state index in [1.54, 1.807) is 19.7 Å². The zero-order valence-corrected chi connectivity index (χ0v) is 13.4. The first-order valence-corrected chi connectivity index (χ1v) is 7.73. The highest BCUT2D eigenvalue weighted by atomic mass is 16.8. The topological polar surface area (TPSA) is 62.8 Å². The molecule has 6 heteroatoms. The summed E-state index contributed by atoms with van der Waals surface area (Å²) in [5, 5.41) is 0. The van der Waals surface area contributed by atoms with Crippen LogP contribution in [0.2, 0.25) is 0 Å². The number of hydrogen-bond acceptors (Lipinski definition) is 5. The van der Waals surface area contributed by atoms with Gasteiger partial charge in [-0.2, -0.15) is 10.3 Å². The SMILES string of the molecule is CCOC1CCC2([NH2+]O1)OCCc1cc(OC)c(OC)cc12. The van der Waals surface area contributed by atoms with Gasteiger partial charge in [-0.3, -0.25) is 0 Å². The predicted octanol–water partition coefficient (Wildman–Crippen LogP) is 1.08. The Morgan fingerprint density at radius 1 is 1.27 bits per heavy atom. The first-order chi connectivity index (χ1) is 10.7. The minimum Gasteiger partial charge on any atom is -0.493 e. The second-order valence-electron chi connectivity index (χ2n) is 5.53. The number of benzene rings is 1. The number of ether oxygens (including phenoxy) is 4. The van der Waals surface area contributed by atoms with Crippen molar-refractivity contribution in [2.45, 2.75) is 38.2 Å². The lowest BCUT2D eigenvalue weighted by molar-refractivity contribution is -0.997. The largest absolute Gasteiger partial charge is 0.493 e. The summed E-state index contributed by atoms with van der Waals surface area (Å²) in [5.41, 5.74) is 3.60. The van der Waals surface area contributed by atoms with Crippen molar-refractivity contribution >= 4 is 0 Å². The molecule has 0 aromatic heterocycles. The minimum absolute atomic E-state index is 0.176. The maximum atomic E-state index is 6.10. The molecule has 0 bridgehead atoms. The molecule has 2 heterocycles. The zero-order valence-electron chi connectivity index (χ0n) is 13.4. The van der Waals surface area contributed by atoms with Crippen LogP contribution in [-0.4, -0.2) is 33.7 Å². The van der Waals surface area contributed by atoms with Crippen LogP contribution < -0.4 is 15.0 Å². The molecule has 0 saturated carbocycles. The van der Waals surface area contributed by atoms with Gasteiger partial charge in [0.1, 0.15) is 0 Å². The van der Waals surface area contributed by atoms with Crippen LogP contribution in [0.1, 0.15) is 30.9 Å². The van der Waals surface area contributed by atoms with Crippen molar-refractivity contribution in [3.63, 3.8) is 0 Å². The predicted molar refractivity (Wildman–Crippen MR) is 78.5 cm³/mol. The fourth-order valence-corrected chi connectivity index (χ4v) is 3.20. The Labute approximate surface area is 130 Å². The van der Waals surface area contributed by atoms with Gasteiger partial charge in [0, 0.05) is 19.4 Å². The Balaban J connectivity index is 1.91. The lowest BCUT2D eigenvalue weighted by atomic mass is 9.88. The van der Waals surface area contributed by atoms with Gasteiger partial charge in [-0.1, -0.05) is 0 Å². The maximum absolute atomic E-state index is 6.10. The number of nitrogens with two attached hydrogens (primary N) is 1. The van der Waals surface area contributed by atoms with E-state index in [2.05, 4.69) is 0 Å². The molecule has 1 saturated heterocycles. The molecule has 2 aliphatic rings. The Morgan fingerprint density at radius 3 is 2.68 bits per heavy atom. The van der Waals surface area contributed by atoms with Crippen molar-refractivity contribution in [3.05, 3.63) is 23.3 Å². The second-order valence-corrected chi connectivity index (χ2v) is 5.53. The highest BCUT2D eigenvalue weighted by Crippen LogP contribution is 2.40. The zero-order chi connectivity index (χ0) is 15.6. The van der Waals surface area contributed by atoms with E-state index in [0.29, 0.717) is 19.0 Å². The van der Waals surface area contributed by atoms with Gasteiger partial charge in [0.15, 0.2) is 11.5 Å². The van der Waals surface area contributed by atoms with E-state index < -0.39 is 5.72 Å². The van der Waals surface area contributed by atoms with Gasteiger partial charge in [-0.25, -0.2) is 0 Å². The lowest BCUT2D eigenvalue weighted by Gasteiger charge is -2.39. The van der Waals surface area contributed by atoms with Crippen LogP contribution in [0.5, 0.6) is 11.5 Å². The normalized spacial score (nSPS) is 27.5. The van der Waals surface area contributed by atoms with Gasteiger partial charge < -0.3 is 18.9 Å². The van der Waals surface area contributed by atoms with Crippen molar-refractivity contribution in [2.24, 2.45) is 0 Å². The van der Waals surface area contributed by atoms with E-state index in [4.69, 9.17) is 23.8 Å². The van der Waals surface area contributed by atoms with E-state index in [-0.39, 0.29) is 6.29 Å². The molecule has 2 unspecified atom stereocenters. The van der Waals surface area contributed by atoms with E-state index in [0.717, 1.165) is 30.6 Å². The molecule has 2 aliphatic heterocycles. The fraction of sp³-hybridized carbons (Fsp3) is 0.625. The fourth-order valence-electron chi connectivity index (χ4n) is 3.20. The van der Waals surface area contributed by atoms with Crippen LogP contribution in [0.15, 0.2) is 12.1 Å². The van der Waals surface area contributed by atoms with Gasteiger partial charge in [0.05, 0.1) is 26.4 Å². The van der Waals surface area contributed by atoms with Crippen LogP contribution in [0, 0.1) is 0 Å². The average molecular weight is 310 g/mol. The third-order valence-electron chi connectivity index (χ3n) is 4.31. The first kappa shape index (κ1) is 15.6. The highest BCUT2D eigenvalue weighted by Gasteiger charge is 2.47. The van der Waals surface area contributed by atoms with Gasteiger partial charge in [0.25, 0.3) is 5.72 Å². The second kappa shape index (κ2) is 6.42. The van der Waals surface area contributed by atoms with E-state index in [1.807, 2.05) is 19.1 Å². The van der Waals surface area contributed by atoms with Crippen molar-refractivity contribution in [3.8, 4) is 11.5 Å². The monoisotopic (exact) mass is 310 g/mol. The molecular formula is C16H24NO5+. The van der Waals surface area contributed by atoms with Gasteiger partial charge >= 0.3 is 0 Å². The van der Waals surface area contributed by atoms with Crippen molar-refractivity contribution in [1.29, 1.82) is 0 Å². The molecule has 1 spiro atoms. The quantitative estimate of drug-likeness (QED) is 0.902. The molecule has 122 valence electrons. The standard InChI is InChI=1S/C16H23NO5/c1-4-20-15-5-7-16(17-22-15)12-10-14(19-3)13(18-2)9-11(12)6-8-21-16/h9-10,15,17H,4-8H2,1-3H3/p+1. The summed E-state index contributed by atoms with van der Waals surface area (Å²) >= 11 is 0. The van der Waals surface area contributed by atoms with Crippen LogP contribution in [0.3, 0.4) is 0 Å².